The van der Waals surface area contributed by atoms with E-state index in [-0.39, 0.29) is 6.09 Å². The summed E-state index contributed by atoms with van der Waals surface area (Å²) in [6.45, 7) is 6.72. The van der Waals surface area contributed by atoms with E-state index in [4.69, 9.17) is 15.6 Å². The zero-order valence-corrected chi connectivity index (χ0v) is 12.4. The van der Waals surface area contributed by atoms with Gasteiger partial charge in [-0.3, -0.25) is 4.79 Å². The van der Waals surface area contributed by atoms with E-state index in [9.17, 15) is 9.59 Å². The molecule has 0 aromatic carbocycles. The molecule has 6 heteroatoms. The minimum Gasteiger partial charge on any atom is -0.480 e. The molecule has 0 bridgehead atoms. The Hall–Kier alpha value is -1.56. The van der Waals surface area contributed by atoms with Crippen molar-refractivity contribution in [3.05, 3.63) is 11.6 Å². The van der Waals surface area contributed by atoms with E-state index in [2.05, 4.69) is 0 Å². The molecule has 20 heavy (non-hydrogen) atoms. The average molecular weight is 284 g/mol. The largest absolute Gasteiger partial charge is 0.480 e. The van der Waals surface area contributed by atoms with Crippen LogP contribution >= 0.6 is 0 Å². The van der Waals surface area contributed by atoms with Gasteiger partial charge in [-0.1, -0.05) is 11.6 Å². The second kappa shape index (κ2) is 6.74. The molecule has 1 atom stereocenters. The maximum Gasteiger partial charge on any atom is 0.410 e. The van der Waals surface area contributed by atoms with Crippen LogP contribution in [-0.4, -0.2) is 46.8 Å². The summed E-state index contributed by atoms with van der Waals surface area (Å²) in [6, 6.07) is -0.855. The van der Waals surface area contributed by atoms with Gasteiger partial charge in [-0.2, -0.15) is 0 Å². The van der Waals surface area contributed by atoms with Gasteiger partial charge in [-0.25, -0.2) is 4.79 Å². The number of aliphatic carboxylic acids is 1. The van der Waals surface area contributed by atoms with Gasteiger partial charge in [0.25, 0.3) is 0 Å². The van der Waals surface area contributed by atoms with Gasteiger partial charge in [0.05, 0.1) is 0 Å². The number of rotatable bonds is 3. The van der Waals surface area contributed by atoms with E-state index in [0.29, 0.717) is 19.5 Å². The van der Waals surface area contributed by atoms with E-state index in [1.54, 1.807) is 4.90 Å². The molecule has 1 fully saturated rings. The topological polar surface area (TPSA) is 92.9 Å². The summed E-state index contributed by atoms with van der Waals surface area (Å²) in [5.74, 6) is -0.993. The molecule has 1 aliphatic heterocycles. The maximum atomic E-state index is 11.9. The minimum absolute atomic E-state index is 0.293. The predicted molar refractivity (Wildman–Crippen MR) is 75.4 cm³/mol. The normalized spacial score (nSPS) is 17.6. The van der Waals surface area contributed by atoms with Gasteiger partial charge < -0.3 is 20.5 Å². The van der Waals surface area contributed by atoms with Crippen LogP contribution in [0.25, 0.3) is 0 Å². The van der Waals surface area contributed by atoms with Crippen LogP contribution in [0, 0.1) is 0 Å². The van der Waals surface area contributed by atoms with Gasteiger partial charge in [0.15, 0.2) is 0 Å². The predicted octanol–water partition coefficient (Wildman–Crippen LogP) is 1.75. The van der Waals surface area contributed by atoms with E-state index in [0.717, 1.165) is 18.4 Å². The van der Waals surface area contributed by atoms with Crippen molar-refractivity contribution in [2.24, 2.45) is 5.73 Å². The highest BCUT2D eigenvalue weighted by molar-refractivity contribution is 5.73. The van der Waals surface area contributed by atoms with Crippen molar-refractivity contribution in [2.45, 2.75) is 51.7 Å². The fraction of sp³-hybridized carbons (Fsp3) is 0.714. The highest BCUT2D eigenvalue weighted by atomic mass is 16.6. The molecule has 0 aromatic heterocycles. The van der Waals surface area contributed by atoms with E-state index >= 15 is 0 Å². The number of nitrogens with two attached hydrogens (primary N) is 1. The van der Waals surface area contributed by atoms with Gasteiger partial charge in [0.1, 0.15) is 11.6 Å². The zero-order chi connectivity index (χ0) is 15.3. The van der Waals surface area contributed by atoms with Gasteiger partial charge in [0, 0.05) is 13.1 Å². The standard InChI is InChI=1S/C14H24N2O4/c1-14(2,3)20-13(19)16-8-6-10(7-9-16)4-5-11(15)12(17)18/h4,11H,5-9,15H2,1-3H3,(H,17,18). The Kier molecular flexibility index (Phi) is 5.56. The fourth-order valence-corrected chi connectivity index (χ4v) is 1.90. The number of carbonyl (C=O) groups is 2. The molecule has 1 heterocycles. The van der Waals surface area contributed by atoms with Crippen molar-refractivity contribution in [1.82, 2.24) is 4.90 Å². The number of carbonyl (C=O) groups excluding carboxylic acids is 1. The number of carboxylic acids is 1. The Morgan fingerprint density at radius 3 is 2.40 bits per heavy atom. The van der Waals surface area contributed by atoms with E-state index in [1.165, 1.54) is 0 Å². The Labute approximate surface area is 119 Å². The van der Waals surface area contributed by atoms with Gasteiger partial charge >= 0.3 is 12.1 Å². The molecule has 1 unspecified atom stereocenters. The van der Waals surface area contributed by atoms with Crippen molar-refractivity contribution in [3.8, 4) is 0 Å². The zero-order valence-electron chi connectivity index (χ0n) is 12.4. The van der Waals surface area contributed by atoms with Crippen molar-refractivity contribution in [2.75, 3.05) is 13.1 Å². The number of likely N-dealkylation sites (tertiary alicyclic amines) is 1. The number of hydrogen-bond acceptors (Lipinski definition) is 4. The molecule has 1 saturated heterocycles. The lowest BCUT2D eigenvalue weighted by Crippen LogP contribution is -2.40. The number of ether oxygens (including phenoxy) is 1. The molecule has 1 aliphatic rings. The number of hydrogen-bond donors (Lipinski definition) is 2. The van der Waals surface area contributed by atoms with Crippen LogP contribution in [0.3, 0.4) is 0 Å². The molecular weight excluding hydrogens is 260 g/mol. The lowest BCUT2D eigenvalue weighted by Gasteiger charge is -2.31. The van der Waals surface area contributed by atoms with E-state index in [1.807, 2.05) is 26.8 Å². The molecule has 114 valence electrons. The molecule has 0 radical (unpaired) electrons. The summed E-state index contributed by atoms with van der Waals surface area (Å²) in [5.41, 5.74) is 6.12. The summed E-state index contributed by atoms with van der Waals surface area (Å²) in [7, 11) is 0. The van der Waals surface area contributed by atoms with Crippen molar-refractivity contribution in [1.29, 1.82) is 0 Å². The Morgan fingerprint density at radius 1 is 1.40 bits per heavy atom. The monoisotopic (exact) mass is 284 g/mol. The summed E-state index contributed by atoms with van der Waals surface area (Å²) < 4.78 is 5.31. The lowest BCUT2D eigenvalue weighted by atomic mass is 10.0. The smallest absolute Gasteiger partial charge is 0.410 e. The number of piperidine rings is 1. The van der Waals surface area contributed by atoms with Crippen LogP contribution in [0.15, 0.2) is 11.6 Å². The van der Waals surface area contributed by atoms with Crippen LogP contribution in [-0.2, 0) is 9.53 Å². The number of amides is 1. The first-order valence-electron chi connectivity index (χ1n) is 6.83. The average Bonchev–Trinajstić information content (AvgIpc) is 2.34. The lowest BCUT2D eigenvalue weighted by molar-refractivity contribution is -0.138. The summed E-state index contributed by atoms with van der Waals surface area (Å²) in [5, 5.41) is 8.71. The fourth-order valence-electron chi connectivity index (χ4n) is 1.90. The SMILES string of the molecule is CC(C)(C)OC(=O)N1CCC(=CCC(N)C(=O)O)CC1. The van der Waals surface area contributed by atoms with E-state index < -0.39 is 17.6 Å². The van der Waals surface area contributed by atoms with Gasteiger partial charge in [0.2, 0.25) is 0 Å². The third kappa shape index (κ3) is 5.61. The van der Waals surface area contributed by atoms with Crippen LogP contribution in [0.1, 0.15) is 40.0 Å². The third-order valence-corrected chi connectivity index (χ3v) is 3.04. The van der Waals surface area contributed by atoms with Crippen molar-refractivity contribution >= 4 is 12.1 Å². The first kappa shape index (κ1) is 16.5. The maximum absolute atomic E-state index is 11.9. The Balaban J connectivity index is 2.42. The van der Waals surface area contributed by atoms with Crippen LogP contribution in [0.5, 0.6) is 0 Å². The van der Waals surface area contributed by atoms with Gasteiger partial charge in [-0.15, -0.1) is 0 Å². The quantitative estimate of drug-likeness (QED) is 0.770. The first-order chi connectivity index (χ1) is 9.19. The highest BCUT2D eigenvalue weighted by Gasteiger charge is 2.24. The summed E-state index contributed by atoms with van der Waals surface area (Å²) >= 11 is 0. The molecule has 1 amide bonds. The molecule has 1 rings (SSSR count). The molecule has 0 aliphatic carbocycles. The molecule has 6 nitrogen and oxygen atoms in total. The summed E-state index contributed by atoms with van der Waals surface area (Å²) in [4.78, 5) is 24.2. The number of carboxylic acid groups (broad SMARTS) is 1. The second-order valence-electron chi connectivity index (χ2n) is 6.01. The minimum atomic E-state index is -0.993. The second-order valence-corrected chi connectivity index (χ2v) is 6.01. The Morgan fingerprint density at radius 2 is 1.95 bits per heavy atom. The summed E-state index contributed by atoms with van der Waals surface area (Å²) in [6.07, 6.45) is 3.40. The van der Waals surface area contributed by atoms with Crippen LogP contribution in [0.4, 0.5) is 4.79 Å². The molecule has 0 spiro atoms. The Bertz CT molecular complexity index is 388. The van der Waals surface area contributed by atoms with Crippen molar-refractivity contribution < 1.29 is 19.4 Å². The van der Waals surface area contributed by atoms with Crippen molar-refractivity contribution in [3.63, 3.8) is 0 Å². The highest BCUT2D eigenvalue weighted by Crippen LogP contribution is 2.19. The molecule has 0 aromatic rings. The molecular formula is C14H24N2O4. The molecule has 0 saturated carbocycles. The first-order valence-corrected chi connectivity index (χ1v) is 6.83. The third-order valence-electron chi connectivity index (χ3n) is 3.04. The van der Waals surface area contributed by atoms with Crippen LogP contribution in [0.2, 0.25) is 0 Å². The number of nitrogens with zero attached hydrogens (tertiary/aromatic N) is 1. The van der Waals surface area contributed by atoms with Gasteiger partial charge in [-0.05, 0) is 40.0 Å². The molecule has 3 N–H and O–H groups in total. The van der Waals surface area contributed by atoms with Crippen LogP contribution < -0.4 is 5.73 Å².